The predicted molar refractivity (Wildman–Crippen MR) is 237 cm³/mol. The molecule has 58 heavy (non-hydrogen) atoms. The van der Waals surface area contributed by atoms with E-state index in [0.29, 0.717) is 0 Å². The highest BCUT2D eigenvalue weighted by Crippen LogP contribution is 2.44. The lowest BCUT2D eigenvalue weighted by molar-refractivity contribution is 1.14. The summed E-state index contributed by atoms with van der Waals surface area (Å²) in [6.07, 6.45) is 3.76. The van der Waals surface area contributed by atoms with E-state index in [1.165, 1.54) is 10.8 Å². The summed E-state index contributed by atoms with van der Waals surface area (Å²) < 4.78 is 9.63. The molecule has 0 saturated carbocycles. The van der Waals surface area contributed by atoms with E-state index in [2.05, 4.69) is 182 Å². The van der Waals surface area contributed by atoms with Crippen LogP contribution in [0.5, 0.6) is 0 Å². The number of para-hydroxylation sites is 5. The van der Waals surface area contributed by atoms with E-state index in [4.69, 9.17) is 9.97 Å². The normalized spacial score (nSPS) is 12.0. The molecule has 6 heteroatoms. The average Bonchev–Trinajstić information content (AvgIpc) is 4.01. The molecule has 0 bridgehead atoms. The van der Waals surface area contributed by atoms with Gasteiger partial charge in [0.25, 0.3) is 0 Å². The standard InChI is InChI=1S/C52H30N6/c1-5-24-41-37(20-1)51-49(39-22-3-7-26-43(39)57(51)45-28-9-14-33-16-12-30-53-47(33)45)55(41)35-18-11-19-36(32-35)56-42-25-6-2-21-38(42)52-50(56)40-23-4-8-27-44(40)58(52)46-29-10-15-34-17-13-31-54-48(34)46/h1-3,5-22,24-32H. The van der Waals surface area contributed by atoms with Crippen molar-refractivity contribution in [2.75, 3.05) is 0 Å². The maximum Gasteiger partial charge on any atom is 0.0942 e. The minimum absolute atomic E-state index is 0.956. The lowest BCUT2D eigenvalue weighted by atomic mass is 10.1. The van der Waals surface area contributed by atoms with Gasteiger partial charge in [0.2, 0.25) is 0 Å². The van der Waals surface area contributed by atoms with Crippen LogP contribution < -0.4 is 0 Å². The molecule has 7 aromatic carbocycles. The second kappa shape index (κ2) is 11.7. The van der Waals surface area contributed by atoms with E-state index >= 15 is 0 Å². The van der Waals surface area contributed by atoms with Crippen LogP contribution in [0.2, 0.25) is 0 Å². The molecular weight excluding hydrogens is 709 g/mol. The fourth-order valence-corrected chi connectivity index (χ4v) is 9.58. The summed E-state index contributed by atoms with van der Waals surface area (Å²) in [5, 5.41) is 6.73. The first-order valence-electron chi connectivity index (χ1n) is 19.5. The average molecular weight is 739 g/mol. The quantitative estimate of drug-likeness (QED) is 0.180. The molecule has 0 spiro atoms. The zero-order valence-corrected chi connectivity index (χ0v) is 31.0. The van der Waals surface area contributed by atoms with Crippen LogP contribution in [-0.4, -0.2) is 28.2 Å². The molecule has 0 aliphatic heterocycles. The first-order valence-corrected chi connectivity index (χ1v) is 19.5. The zero-order valence-electron chi connectivity index (χ0n) is 31.0. The Kier molecular flexibility index (Phi) is 6.27. The molecule has 268 valence electrons. The van der Waals surface area contributed by atoms with Crippen molar-refractivity contribution in [1.29, 1.82) is 0 Å². The lowest BCUT2D eigenvalue weighted by Crippen LogP contribution is -1.98. The summed E-state index contributed by atoms with van der Waals surface area (Å²) in [4.78, 5) is 9.79. The first-order chi connectivity index (χ1) is 28.8. The Hall–Kier alpha value is -8.14. The number of pyridine rings is 2. The number of benzene rings is 6. The summed E-state index contributed by atoms with van der Waals surface area (Å²) in [5.74, 6) is 0. The van der Waals surface area contributed by atoms with Crippen molar-refractivity contribution in [1.82, 2.24) is 28.2 Å². The molecule has 6 heterocycles. The van der Waals surface area contributed by atoms with Gasteiger partial charge in [-0.15, -0.1) is 0 Å². The lowest BCUT2D eigenvalue weighted by Gasteiger charge is -2.12. The third-order valence-electron chi connectivity index (χ3n) is 11.8. The zero-order chi connectivity index (χ0) is 37.9. The van der Waals surface area contributed by atoms with Gasteiger partial charge >= 0.3 is 0 Å². The molecule has 0 unspecified atom stereocenters. The van der Waals surface area contributed by atoms with Crippen molar-refractivity contribution in [3.05, 3.63) is 194 Å². The van der Waals surface area contributed by atoms with Crippen molar-refractivity contribution >= 4 is 87.5 Å². The molecule has 0 aliphatic carbocycles. The molecule has 0 N–H and O–H groups in total. The van der Waals surface area contributed by atoms with Crippen LogP contribution in [0.4, 0.5) is 0 Å². The molecule has 0 atom stereocenters. The molecule has 0 amide bonds. The highest BCUT2D eigenvalue weighted by Gasteiger charge is 2.25. The molecule has 13 aromatic rings. The van der Waals surface area contributed by atoms with Crippen LogP contribution in [0.1, 0.15) is 0 Å². The van der Waals surface area contributed by atoms with E-state index in [0.717, 1.165) is 99.5 Å². The smallest absolute Gasteiger partial charge is 0.0942 e. The summed E-state index contributed by atoms with van der Waals surface area (Å²) in [6.45, 7) is 0. The van der Waals surface area contributed by atoms with Crippen LogP contribution in [0.25, 0.3) is 110 Å². The Morgan fingerprint density at radius 3 is 1.45 bits per heavy atom. The number of aromatic nitrogens is 6. The van der Waals surface area contributed by atoms with E-state index < -0.39 is 0 Å². The summed E-state index contributed by atoms with van der Waals surface area (Å²) in [5.41, 5.74) is 15.1. The summed E-state index contributed by atoms with van der Waals surface area (Å²) in [7, 11) is 0. The van der Waals surface area contributed by atoms with Gasteiger partial charge in [0.05, 0.1) is 71.9 Å². The maximum absolute atomic E-state index is 4.90. The van der Waals surface area contributed by atoms with Gasteiger partial charge in [0.15, 0.2) is 0 Å². The van der Waals surface area contributed by atoms with E-state index in [9.17, 15) is 0 Å². The predicted octanol–water partition coefficient (Wildman–Crippen LogP) is 12.5. The van der Waals surface area contributed by atoms with Gasteiger partial charge in [-0.25, -0.2) is 0 Å². The van der Waals surface area contributed by atoms with Crippen LogP contribution in [0.15, 0.2) is 182 Å². The Morgan fingerprint density at radius 2 is 0.845 bits per heavy atom. The Balaban J connectivity index is 1.13. The number of hydrogen-bond donors (Lipinski definition) is 0. The molecular formula is C52H30N6. The minimum atomic E-state index is 0.956. The number of nitrogens with zero attached hydrogens (tertiary/aromatic N) is 6. The van der Waals surface area contributed by atoms with Crippen molar-refractivity contribution in [2.24, 2.45) is 0 Å². The van der Waals surface area contributed by atoms with Gasteiger partial charge in [0.1, 0.15) is 0 Å². The molecule has 6 nitrogen and oxygen atoms in total. The highest BCUT2D eigenvalue weighted by atomic mass is 15.1. The molecule has 6 aromatic heterocycles. The number of rotatable bonds is 4. The van der Waals surface area contributed by atoms with Crippen LogP contribution >= 0.6 is 0 Å². The minimum Gasteiger partial charge on any atom is -0.307 e. The highest BCUT2D eigenvalue weighted by molar-refractivity contribution is 6.22. The summed E-state index contributed by atoms with van der Waals surface area (Å²) in [6, 6.07) is 67.3. The van der Waals surface area contributed by atoms with Crippen molar-refractivity contribution < 1.29 is 0 Å². The largest absolute Gasteiger partial charge is 0.307 e. The van der Waals surface area contributed by atoms with Gasteiger partial charge in [-0.2, -0.15) is 0 Å². The first kappa shape index (κ1) is 31.1. The topological polar surface area (TPSA) is 45.5 Å². The van der Waals surface area contributed by atoms with Gasteiger partial charge in [-0.1, -0.05) is 109 Å². The van der Waals surface area contributed by atoms with E-state index in [1.807, 2.05) is 30.6 Å². The molecule has 0 fully saturated rings. The van der Waals surface area contributed by atoms with Gasteiger partial charge in [-0.3, -0.25) is 9.97 Å². The van der Waals surface area contributed by atoms with E-state index in [-0.39, 0.29) is 0 Å². The third-order valence-corrected chi connectivity index (χ3v) is 11.8. The number of hydrogen-bond acceptors (Lipinski definition) is 2. The van der Waals surface area contributed by atoms with Gasteiger partial charge in [0, 0.05) is 50.7 Å². The third kappa shape index (κ3) is 4.11. The van der Waals surface area contributed by atoms with Gasteiger partial charge in [-0.05, 0) is 72.8 Å². The Morgan fingerprint density at radius 1 is 0.379 bits per heavy atom. The monoisotopic (exact) mass is 738 g/mol. The van der Waals surface area contributed by atoms with Crippen molar-refractivity contribution in [3.63, 3.8) is 0 Å². The molecule has 0 aliphatic rings. The van der Waals surface area contributed by atoms with Crippen LogP contribution in [0, 0.1) is 12.1 Å². The Bertz CT molecular complexity index is 3550. The second-order valence-corrected chi connectivity index (χ2v) is 14.9. The van der Waals surface area contributed by atoms with Gasteiger partial charge < -0.3 is 18.3 Å². The van der Waals surface area contributed by atoms with Crippen LogP contribution in [-0.2, 0) is 0 Å². The summed E-state index contributed by atoms with van der Waals surface area (Å²) >= 11 is 0. The molecule has 0 saturated heterocycles. The van der Waals surface area contributed by atoms with Crippen LogP contribution in [0.3, 0.4) is 0 Å². The second-order valence-electron chi connectivity index (χ2n) is 14.9. The fourth-order valence-electron chi connectivity index (χ4n) is 9.58. The van der Waals surface area contributed by atoms with Crippen molar-refractivity contribution in [3.8, 4) is 22.7 Å². The Labute approximate surface area is 331 Å². The van der Waals surface area contributed by atoms with E-state index in [1.54, 1.807) is 0 Å². The number of fused-ring (bicyclic) bond motifs is 12. The SMILES string of the molecule is c1ccc2c(c#1)c1c(c3ccccc3n1-c1cccc(-n3c4ccccc4c4c3c3ccccc3n4-c3cccc4cccnc34)c1)n2-c1cccc2cccnc12. The fraction of sp³-hybridized carbons (Fsp3) is 0. The molecule has 0 radical (unpaired) electrons. The van der Waals surface area contributed by atoms with Crippen molar-refractivity contribution in [2.45, 2.75) is 0 Å². The molecule has 13 rings (SSSR count). The maximum atomic E-state index is 4.90.